The lowest BCUT2D eigenvalue weighted by molar-refractivity contribution is 0.142. The van der Waals surface area contributed by atoms with E-state index < -0.39 is 0 Å². The standard InChI is InChI=1S/C9H13ClN2O2/c1-6-7(2)9(12-11-8(6)10)14-5-4-13-3/h4-5H2,1-3H3. The number of ether oxygens (including phenoxy) is 2. The SMILES string of the molecule is COCCOc1nnc(Cl)c(C)c1C. The number of aromatic nitrogens is 2. The van der Waals surface area contributed by atoms with Crippen LogP contribution in [0.2, 0.25) is 5.15 Å². The van der Waals surface area contributed by atoms with Crippen molar-refractivity contribution in [1.82, 2.24) is 10.2 Å². The quantitative estimate of drug-likeness (QED) is 0.720. The molecule has 0 aliphatic heterocycles. The maximum absolute atomic E-state index is 5.79. The van der Waals surface area contributed by atoms with E-state index in [0.29, 0.717) is 24.2 Å². The first-order valence-corrected chi connectivity index (χ1v) is 4.65. The topological polar surface area (TPSA) is 44.2 Å². The molecule has 1 rings (SSSR count). The molecule has 1 aromatic rings. The van der Waals surface area contributed by atoms with Gasteiger partial charge in [-0.05, 0) is 19.4 Å². The molecule has 0 atom stereocenters. The van der Waals surface area contributed by atoms with Gasteiger partial charge in [0.2, 0.25) is 5.88 Å². The van der Waals surface area contributed by atoms with E-state index in [4.69, 9.17) is 21.1 Å². The van der Waals surface area contributed by atoms with Crippen molar-refractivity contribution >= 4 is 11.6 Å². The van der Waals surface area contributed by atoms with E-state index in [2.05, 4.69) is 10.2 Å². The molecular weight excluding hydrogens is 204 g/mol. The molecule has 0 fully saturated rings. The Hall–Kier alpha value is -0.870. The zero-order valence-electron chi connectivity index (χ0n) is 8.50. The lowest BCUT2D eigenvalue weighted by atomic mass is 10.2. The highest BCUT2D eigenvalue weighted by molar-refractivity contribution is 6.30. The summed E-state index contributed by atoms with van der Waals surface area (Å²) in [6.07, 6.45) is 0. The van der Waals surface area contributed by atoms with Crippen LogP contribution in [0.5, 0.6) is 5.88 Å². The summed E-state index contributed by atoms with van der Waals surface area (Å²) in [5, 5.41) is 8.04. The van der Waals surface area contributed by atoms with Gasteiger partial charge in [0.1, 0.15) is 6.61 Å². The fraction of sp³-hybridized carbons (Fsp3) is 0.556. The average molecular weight is 217 g/mol. The summed E-state index contributed by atoms with van der Waals surface area (Å²) in [6, 6.07) is 0. The van der Waals surface area contributed by atoms with Gasteiger partial charge in [-0.3, -0.25) is 0 Å². The molecule has 1 aromatic heterocycles. The van der Waals surface area contributed by atoms with Crippen molar-refractivity contribution in [2.75, 3.05) is 20.3 Å². The second-order valence-corrected chi connectivity index (χ2v) is 3.25. The van der Waals surface area contributed by atoms with E-state index in [1.54, 1.807) is 7.11 Å². The van der Waals surface area contributed by atoms with E-state index in [1.165, 1.54) is 0 Å². The van der Waals surface area contributed by atoms with E-state index in [-0.39, 0.29) is 0 Å². The van der Waals surface area contributed by atoms with Gasteiger partial charge in [0.15, 0.2) is 5.15 Å². The van der Waals surface area contributed by atoms with Crippen molar-refractivity contribution in [2.24, 2.45) is 0 Å². The van der Waals surface area contributed by atoms with Gasteiger partial charge in [-0.2, -0.15) is 0 Å². The second-order valence-electron chi connectivity index (χ2n) is 2.89. The molecule has 0 aromatic carbocycles. The maximum atomic E-state index is 5.79. The molecule has 0 aliphatic carbocycles. The Morgan fingerprint density at radius 3 is 2.50 bits per heavy atom. The molecule has 0 aliphatic rings. The maximum Gasteiger partial charge on any atom is 0.236 e. The first-order valence-electron chi connectivity index (χ1n) is 4.28. The van der Waals surface area contributed by atoms with Crippen LogP contribution in [0.3, 0.4) is 0 Å². The zero-order valence-corrected chi connectivity index (χ0v) is 9.26. The highest BCUT2D eigenvalue weighted by Gasteiger charge is 2.08. The monoisotopic (exact) mass is 216 g/mol. The molecule has 0 saturated heterocycles. The van der Waals surface area contributed by atoms with Gasteiger partial charge in [0.05, 0.1) is 6.61 Å². The third-order valence-electron chi connectivity index (χ3n) is 1.95. The van der Waals surface area contributed by atoms with Crippen molar-refractivity contribution in [3.05, 3.63) is 16.3 Å². The molecule has 78 valence electrons. The van der Waals surface area contributed by atoms with Gasteiger partial charge in [-0.25, -0.2) is 0 Å². The third kappa shape index (κ3) is 2.56. The van der Waals surface area contributed by atoms with Crippen LogP contribution < -0.4 is 4.74 Å². The number of hydrogen-bond donors (Lipinski definition) is 0. The van der Waals surface area contributed by atoms with Crippen LogP contribution >= 0.6 is 11.6 Å². The zero-order chi connectivity index (χ0) is 10.6. The van der Waals surface area contributed by atoms with Gasteiger partial charge in [0.25, 0.3) is 0 Å². The Morgan fingerprint density at radius 1 is 1.14 bits per heavy atom. The minimum absolute atomic E-state index is 0.418. The lowest BCUT2D eigenvalue weighted by Gasteiger charge is -2.08. The number of rotatable bonds is 4. The molecule has 14 heavy (non-hydrogen) atoms. The molecule has 0 N–H and O–H groups in total. The predicted octanol–water partition coefficient (Wildman–Crippen LogP) is 1.77. The predicted molar refractivity (Wildman–Crippen MR) is 53.9 cm³/mol. The molecule has 0 spiro atoms. The lowest BCUT2D eigenvalue weighted by Crippen LogP contribution is -2.08. The molecule has 0 bridgehead atoms. The summed E-state index contributed by atoms with van der Waals surface area (Å²) in [6.45, 7) is 4.78. The molecule has 0 amide bonds. The third-order valence-corrected chi connectivity index (χ3v) is 2.31. The minimum Gasteiger partial charge on any atom is -0.474 e. The first kappa shape index (κ1) is 11.2. The molecule has 0 unspecified atom stereocenters. The number of hydrogen-bond acceptors (Lipinski definition) is 4. The summed E-state index contributed by atoms with van der Waals surface area (Å²) in [5.41, 5.74) is 1.81. The highest BCUT2D eigenvalue weighted by atomic mass is 35.5. The Morgan fingerprint density at radius 2 is 1.86 bits per heavy atom. The molecular formula is C9H13ClN2O2. The normalized spacial score (nSPS) is 10.3. The molecule has 5 heteroatoms. The van der Waals surface area contributed by atoms with Crippen molar-refractivity contribution in [2.45, 2.75) is 13.8 Å². The largest absolute Gasteiger partial charge is 0.474 e. The summed E-state index contributed by atoms with van der Waals surface area (Å²) >= 11 is 5.79. The summed E-state index contributed by atoms with van der Waals surface area (Å²) in [4.78, 5) is 0. The fourth-order valence-corrected chi connectivity index (χ4v) is 1.09. The van der Waals surface area contributed by atoms with Crippen LogP contribution in [-0.2, 0) is 4.74 Å². The molecule has 4 nitrogen and oxygen atoms in total. The van der Waals surface area contributed by atoms with Crippen LogP contribution in [0, 0.1) is 13.8 Å². The molecule has 0 saturated carbocycles. The van der Waals surface area contributed by atoms with Gasteiger partial charge in [-0.1, -0.05) is 11.6 Å². The number of methoxy groups -OCH3 is 1. The van der Waals surface area contributed by atoms with Crippen molar-refractivity contribution in [1.29, 1.82) is 0 Å². The highest BCUT2D eigenvalue weighted by Crippen LogP contribution is 2.21. The van der Waals surface area contributed by atoms with Crippen LogP contribution in [0.15, 0.2) is 0 Å². The van der Waals surface area contributed by atoms with E-state index in [9.17, 15) is 0 Å². The van der Waals surface area contributed by atoms with Crippen LogP contribution in [0.1, 0.15) is 11.1 Å². The van der Waals surface area contributed by atoms with E-state index in [1.807, 2.05) is 13.8 Å². The number of nitrogens with zero attached hydrogens (tertiary/aromatic N) is 2. The van der Waals surface area contributed by atoms with Crippen molar-refractivity contribution in [3.63, 3.8) is 0 Å². The van der Waals surface area contributed by atoms with Crippen molar-refractivity contribution < 1.29 is 9.47 Å². The van der Waals surface area contributed by atoms with Gasteiger partial charge in [0, 0.05) is 12.7 Å². The van der Waals surface area contributed by atoms with Gasteiger partial charge >= 0.3 is 0 Å². The van der Waals surface area contributed by atoms with Crippen LogP contribution in [0.4, 0.5) is 0 Å². The van der Waals surface area contributed by atoms with Gasteiger partial charge in [-0.15, -0.1) is 10.2 Å². The summed E-state index contributed by atoms with van der Waals surface area (Å²) in [7, 11) is 1.62. The second kappa shape index (κ2) is 5.12. The van der Waals surface area contributed by atoms with Crippen LogP contribution in [-0.4, -0.2) is 30.5 Å². The van der Waals surface area contributed by atoms with Crippen molar-refractivity contribution in [3.8, 4) is 5.88 Å². The smallest absolute Gasteiger partial charge is 0.236 e. The minimum atomic E-state index is 0.418. The Kier molecular flexibility index (Phi) is 4.10. The number of halogens is 1. The summed E-state index contributed by atoms with van der Waals surface area (Å²) in [5.74, 6) is 0.518. The van der Waals surface area contributed by atoms with Gasteiger partial charge < -0.3 is 9.47 Å². The molecule has 1 heterocycles. The van der Waals surface area contributed by atoms with E-state index in [0.717, 1.165) is 11.1 Å². The Bertz CT molecular complexity index is 318. The first-order chi connectivity index (χ1) is 6.66. The Labute approximate surface area is 88.2 Å². The molecule has 0 radical (unpaired) electrons. The Balaban J connectivity index is 2.73. The van der Waals surface area contributed by atoms with Crippen LogP contribution in [0.25, 0.3) is 0 Å². The fourth-order valence-electron chi connectivity index (χ4n) is 0.913. The summed E-state index contributed by atoms with van der Waals surface area (Å²) < 4.78 is 10.2. The van der Waals surface area contributed by atoms with E-state index >= 15 is 0 Å². The average Bonchev–Trinajstić information content (AvgIpc) is 2.18.